The highest BCUT2D eigenvalue weighted by Gasteiger charge is 2.18. The fourth-order valence-electron chi connectivity index (χ4n) is 3.49. The number of para-hydroxylation sites is 1. The second-order valence-electron chi connectivity index (χ2n) is 7.26. The number of amides is 1. The van der Waals surface area contributed by atoms with E-state index in [-0.39, 0.29) is 11.1 Å². The quantitative estimate of drug-likeness (QED) is 0.675. The molecule has 2 aromatic heterocycles. The fraction of sp³-hybridized carbons (Fsp3) is 0.318. The van der Waals surface area contributed by atoms with Crippen molar-refractivity contribution in [1.29, 1.82) is 0 Å². The van der Waals surface area contributed by atoms with Gasteiger partial charge in [0.2, 0.25) is 0 Å². The van der Waals surface area contributed by atoms with Gasteiger partial charge in [-0.2, -0.15) is 5.10 Å². The van der Waals surface area contributed by atoms with E-state index in [4.69, 9.17) is 4.74 Å². The summed E-state index contributed by atoms with van der Waals surface area (Å²) in [6.45, 7) is 6.19. The molecule has 8 heteroatoms. The molecule has 0 unspecified atom stereocenters. The zero-order chi connectivity index (χ0) is 20.9. The Labute approximate surface area is 174 Å². The van der Waals surface area contributed by atoms with Crippen molar-refractivity contribution in [1.82, 2.24) is 19.2 Å². The molecule has 0 saturated carbocycles. The number of nitrogens with zero attached hydrogens (tertiary/aromatic N) is 4. The van der Waals surface area contributed by atoms with Crippen LogP contribution < -0.4 is 10.9 Å². The summed E-state index contributed by atoms with van der Waals surface area (Å²) >= 11 is 0. The molecule has 1 aliphatic rings. The van der Waals surface area contributed by atoms with Crippen molar-refractivity contribution in [2.24, 2.45) is 0 Å². The lowest BCUT2D eigenvalue weighted by Gasteiger charge is -2.26. The highest BCUT2D eigenvalue weighted by atomic mass is 16.5. The number of ether oxygens (including phenoxy) is 1. The average molecular weight is 407 g/mol. The Kier molecular flexibility index (Phi) is 6.06. The minimum absolute atomic E-state index is 0.147. The largest absolute Gasteiger partial charge is 0.379 e. The number of aryl methyl sites for hydroxylation is 1. The second kappa shape index (κ2) is 9.06. The van der Waals surface area contributed by atoms with E-state index in [0.29, 0.717) is 31.1 Å². The summed E-state index contributed by atoms with van der Waals surface area (Å²) in [6, 6.07) is 13.1. The Morgan fingerprint density at radius 1 is 1.07 bits per heavy atom. The van der Waals surface area contributed by atoms with Crippen LogP contribution in [0.25, 0.3) is 5.69 Å². The van der Waals surface area contributed by atoms with Crippen LogP contribution in [0, 0.1) is 6.92 Å². The minimum atomic E-state index is -0.448. The number of rotatable bonds is 6. The first-order valence-corrected chi connectivity index (χ1v) is 10.0. The third-order valence-corrected chi connectivity index (χ3v) is 5.21. The summed E-state index contributed by atoms with van der Waals surface area (Å²) in [5.41, 5.74) is 1.39. The maximum Gasteiger partial charge on any atom is 0.263 e. The van der Waals surface area contributed by atoms with Gasteiger partial charge in [-0.1, -0.05) is 18.2 Å². The predicted molar refractivity (Wildman–Crippen MR) is 114 cm³/mol. The number of benzene rings is 1. The molecule has 0 radical (unpaired) electrons. The average Bonchev–Trinajstić information content (AvgIpc) is 3.23. The van der Waals surface area contributed by atoms with Gasteiger partial charge in [-0.3, -0.25) is 14.5 Å². The van der Waals surface area contributed by atoms with Crippen LogP contribution >= 0.6 is 0 Å². The lowest BCUT2D eigenvalue weighted by molar-refractivity contribution is 0.0363. The van der Waals surface area contributed by atoms with E-state index >= 15 is 0 Å². The third-order valence-electron chi connectivity index (χ3n) is 5.21. The lowest BCUT2D eigenvalue weighted by Crippen LogP contribution is -2.40. The van der Waals surface area contributed by atoms with E-state index in [1.165, 1.54) is 0 Å². The molecule has 3 aromatic rings. The topological polar surface area (TPSA) is 81.4 Å². The maximum absolute atomic E-state index is 13.0. The second-order valence-corrected chi connectivity index (χ2v) is 7.26. The molecule has 1 aromatic carbocycles. The summed E-state index contributed by atoms with van der Waals surface area (Å²) < 4.78 is 8.63. The first-order valence-electron chi connectivity index (χ1n) is 10.0. The number of carbonyl (C=O) groups is 1. The Hall–Kier alpha value is -3.23. The van der Waals surface area contributed by atoms with Crippen LogP contribution in [0.1, 0.15) is 15.9 Å². The SMILES string of the molecule is Cc1ccn(CCN2CCOCC2)c(=O)c1C(=O)Nc1ccn(-c2ccccc2)n1. The van der Waals surface area contributed by atoms with Gasteiger partial charge in [0.1, 0.15) is 5.56 Å². The van der Waals surface area contributed by atoms with Gasteiger partial charge in [0.05, 0.1) is 18.9 Å². The first kappa shape index (κ1) is 20.1. The molecule has 1 fully saturated rings. The summed E-state index contributed by atoms with van der Waals surface area (Å²) in [6.07, 6.45) is 3.52. The van der Waals surface area contributed by atoms with Gasteiger partial charge in [-0.05, 0) is 30.7 Å². The van der Waals surface area contributed by atoms with Crippen LogP contribution in [0.4, 0.5) is 5.82 Å². The van der Waals surface area contributed by atoms with Crippen molar-refractivity contribution in [3.63, 3.8) is 0 Å². The molecule has 1 N–H and O–H groups in total. The van der Waals surface area contributed by atoms with Crippen molar-refractivity contribution >= 4 is 11.7 Å². The van der Waals surface area contributed by atoms with Gasteiger partial charge in [0.25, 0.3) is 11.5 Å². The van der Waals surface area contributed by atoms with E-state index < -0.39 is 5.91 Å². The molecule has 30 heavy (non-hydrogen) atoms. The highest BCUT2D eigenvalue weighted by Crippen LogP contribution is 2.12. The number of hydrogen-bond acceptors (Lipinski definition) is 5. The number of carbonyl (C=O) groups excluding carboxylic acids is 1. The van der Waals surface area contributed by atoms with Gasteiger partial charge in [-0.15, -0.1) is 0 Å². The van der Waals surface area contributed by atoms with Crippen LogP contribution in [0.2, 0.25) is 0 Å². The molecular weight excluding hydrogens is 382 g/mol. The van der Waals surface area contributed by atoms with Crippen molar-refractivity contribution < 1.29 is 9.53 Å². The van der Waals surface area contributed by atoms with E-state index in [0.717, 1.165) is 25.3 Å². The molecule has 4 rings (SSSR count). The number of aromatic nitrogens is 3. The van der Waals surface area contributed by atoms with Gasteiger partial charge < -0.3 is 14.6 Å². The van der Waals surface area contributed by atoms with Crippen LogP contribution in [-0.2, 0) is 11.3 Å². The normalized spacial score (nSPS) is 14.6. The van der Waals surface area contributed by atoms with Crippen LogP contribution in [0.3, 0.4) is 0 Å². The molecular formula is C22H25N5O3. The molecule has 0 atom stereocenters. The Morgan fingerprint density at radius 3 is 2.60 bits per heavy atom. The minimum Gasteiger partial charge on any atom is -0.379 e. The van der Waals surface area contributed by atoms with Crippen molar-refractivity contribution in [3.8, 4) is 5.69 Å². The fourth-order valence-corrected chi connectivity index (χ4v) is 3.49. The number of anilines is 1. The van der Waals surface area contributed by atoms with Gasteiger partial charge in [0.15, 0.2) is 5.82 Å². The van der Waals surface area contributed by atoms with E-state index in [9.17, 15) is 9.59 Å². The number of nitrogens with one attached hydrogen (secondary N) is 1. The van der Waals surface area contributed by atoms with E-state index in [1.54, 1.807) is 40.7 Å². The predicted octanol–water partition coefficient (Wildman–Crippen LogP) is 1.93. The smallest absolute Gasteiger partial charge is 0.263 e. The van der Waals surface area contributed by atoms with E-state index in [1.807, 2.05) is 30.3 Å². The highest BCUT2D eigenvalue weighted by molar-refractivity contribution is 6.04. The zero-order valence-electron chi connectivity index (χ0n) is 17.0. The summed E-state index contributed by atoms with van der Waals surface area (Å²) in [5.74, 6) is -0.0529. The first-order chi connectivity index (χ1) is 14.6. The number of morpholine rings is 1. The zero-order valence-corrected chi connectivity index (χ0v) is 17.0. The van der Waals surface area contributed by atoms with Gasteiger partial charge in [-0.25, -0.2) is 4.68 Å². The van der Waals surface area contributed by atoms with Crippen LogP contribution in [0.5, 0.6) is 0 Å². The monoisotopic (exact) mass is 407 g/mol. The van der Waals surface area contributed by atoms with Crippen molar-refractivity contribution in [2.45, 2.75) is 13.5 Å². The Morgan fingerprint density at radius 2 is 1.83 bits per heavy atom. The third kappa shape index (κ3) is 4.50. The molecule has 3 heterocycles. The maximum atomic E-state index is 13.0. The summed E-state index contributed by atoms with van der Waals surface area (Å²) in [7, 11) is 0. The molecule has 1 amide bonds. The molecule has 156 valence electrons. The molecule has 1 aliphatic heterocycles. The van der Waals surface area contributed by atoms with Crippen molar-refractivity contribution in [3.05, 3.63) is 76.3 Å². The van der Waals surface area contributed by atoms with Gasteiger partial charge in [0, 0.05) is 44.6 Å². The standard InChI is InChI=1S/C22H25N5O3/c1-17-7-9-26(12-11-25-13-15-30-16-14-25)22(29)20(17)21(28)23-19-8-10-27(24-19)18-5-3-2-4-6-18/h2-10H,11-16H2,1H3,(H,23,24,28). The number of hydrogen-bond donors (Lipinski definition) is 1. The molecule has 0 aliphatic carbocycles. The molecule has 8 nitrogen and oxygen atoms in total. The molecule has 0 spiro atoms. The lowest BCUT2D eigenvalue weighted by atomic mass is 10.1. The molecule has 0 bridgehead atoms. The van der Waals surface area contributed by atoms with Crippen LogP contribution in [-0.4, -0.2) is 58.0 Å². The van der Waals surface area contributed by atoms with Crippen molar-refractivity contribution in [2.75, 3.05) is 38.2 Å². The number of pyridine rings is 1. The van der Waals surface area contributed by atoms with E-state index in [2.05, 4.69) is 15.3 Å². The Bertz CT molecular complexity index is 1070. The molecule has 1 saturated heterocycles. The van der Waals surface area contributed by atoms with Gasteiger partial charge >= 0.3 is 0 Å². The van der Waals surface area contributed by atoms with Crippen LogP contribution in [0.15, 0.2) is 59.7 Å². The summed E-state index contributed by atoms with van der Waals surface area (Å²) in [5, 5.41) is 7.13. The Balaban J connectivity index is 1.48. The summed E-state index contributed by atoms with van der Waals surface area (Å²) in [4.78, 5) is 28.1.